The monoisotopic (exact) mass is 1250 g/mol. The number of nitrogens with one attached hydrogen (secondary N) is 1. The molecule has 19 aliphatic rings. The third-order valence-corrected chi connectivity index (χ3v) is 33.7. The summed E-state index contributed by atoms with van der Waals surface area (Å²) in [5.74, 6) is 7.49. The third-order valence-electron chi connectivity index (χ3n) is 33.7. The van der Waals surface area contributed by atoms with Gasteiger partial charge in [-0.1, -0.05) is 104 Å². The number of benzene rings is 3. The zero-order valence-corrected chi connectivity index (χ0v) is 54.8. The summed E-state index contributed by atoms with van der Waals surface area (Å²) in [6, 6.07) is 26.8. The largest absolute Gasteiger partial charge is 0.454 e. The molecule has 4 aliphatic heterocycles. The molecular formula is C83H99NO9. The van der Waals surface area contributed by atoms with Crippen molar-refractivity contribution in [2.75, 3.05) is 7.05 Å². The van der Waals surface area contributed by atoms with Crippen LogP contribution in [0.5, 0.6) is 0 Å². The lowest BCUT2D eigenvalue weighted by atomic mass is 9.25. The van der Waals surface area contributed by atoms with Gasteiger partial charge in [0.1, 0.15) is 23.6 Å². The Bertz CT molecular complexity index is 3770. The van der Waals surface area contributed by atoms with Crippen LogP contribution in [0.4, 0.5) is 0 Å². The number of hydrogen-bond donors (Lipinski definition) is 6. The molecule has 11 saturated carbocycles. The lowest BCUT2D eigenvalue weighted by Crippen LogP contribution is -2.91. The van der Waals surface area contributed by atoms with E-state index in [2.05, 4.69) is 90.0 Å². The highest BCUT2D eigenvalue weighted by atomic mass is 16.5. The van der Waals surface area contributed by atoms with E-state index in [0.29, 0.717) is 87.4 Å². The van der Waals surface area contributed by atoms with Gasteiger partial charge in [0.05, 0.1) is 35.4 Å². The average Bonchev–Trinajstić information content (AvgIpc) is 1.60. The van der Waals surface area contributed by atoms with E-state index in [-0.39, 0.29) is 78.0 Å². The minimum Gasteiger partial charge on any atom is -0.454 e. The van der Waals surface area contributed by atoms with E-state index in [1.54, 1.807) is 6.08 Å². The zero-order chi connectivity index (χ0) is 62.7. The summed E-state index contributed by atoms with van der Waals surface area (Å²) in [5.41, 5.74) is -3.50. The van der Waals surface area contributed by atoms with Gasteiger partial charge in [0, 0.05) is 63.5 Å². The van der Waals surface area contributed by atoms with Crippen LogP contribution in [-0.4, -0.2) is 91.6 Å². The summed E-state index contributed by atoms with van der Waals surface area (Å²) < 4.78 is 15.4. The van der Waals surface area contributed by atoms with Crippen molar-refractivity contribution in [2.24, 2.45) is 109 Å². The van der Waals surface area contributed by atoms with Crippen LogP contribution in [0.3, 0.4) is 0 Å². The van der Waals surface area contributed by atoms with E-state index in [4.69, 9.17) is 9.47 Å². The molecule has 6 N–H and O–H groups in total. The van der Waals surface area contributed by atoms with Crippen LogP contribution in [0.25, 0.3) is 0 Å². The van der Waals surface area contributed by atoms with Gasteiger partial charge >= 0.3 is 5.97 Å². The van der Waals surface area contributed by atoms with Gasteiger partial charge < -0.3 is 45.1 Å². The van der Waals surface area contributed by atoms with E-state index >= 15 is 25.2 Å². The SMILES string of the molecule is CN[C@H]1Cc2c(cccc2CO)C#CC2(CCCC2)C[C@]23CC[C@H]4[C@@](O)([C@H](O)[C@@H]5C[C@@H]6[C@@H]7CC=C[C@@H]6C[C@]68CC[C@]9(Cc%10cccc(c%10)C[C@H]%10CC[C@H]7C%10)O[C@H]6[C@@]6(C[C@@]4(C=O)[C@]58O)[C@@H]4C[C@H]5C[C@@H](c7ccccc7)CC[C@@]56CC[C@@H]49)[C@@]2(O)C[C@@H]2C[C@H]1[C@H]1OC(=O)C=C1[C@@H]23. The molecule has 4 heterocycles. The smallest absolute Gasteiger partial charge is 0.331 e. The molecular weight excluding hydrogens is 1150 g/mol. The van der Waals surface area contributed by atoms with Gasteiger partial charge in [-0.3, -0.25) is 0 Å². The van der Waals surface area contributed by atoms with Crippen molar-refractivity contribution in [3.8, 4) is 11.8 Å². The molecule has 0 amide bonds. The molecule has 0 unspecified atom stereocenters. The Morgan fingerprint density at radius 2 is 1.57 bits per heavy atom. The first-order chi connectivity index (χ1) is 45.1. The summed E-state index contributed by atoms with van der Waals surface area (Å²) in [6.07, 6.45) is 27.5. The summed E-state index contributed by atoms with van der Waals surface area (Å²) >= 11 is 0. The Kier molecular flexibility index (Phi) is 12.4. The molecule has 2 saturated heterocycles. The number of fused-ring (bicyclic) bond motifs is 5. The third kappa shape index (κ3) is 7.00. The van der Waals surface area contributed by atoms with Crippen LogP contribution in [0, 0.1) is 121 Å². The summed E-state index contributed by atoms with van der Waals surface area (Å²) in [4.78, 5) is 31.1. The van der Waals surface area contributed by atoms with Gasteiger partial charge in [-0.25, -0.2) is 4.79 Å². The van der Waals surface area contributed by atoms with Crippen molar-refractivity contribution in [1.29, 1.82) is 0 Å². The van der Waals surface area contributed by atoms with E-state index in [0.717, 1.165) is 125 Å². The van der Waals surface area contributed by atoms with Gasteiger partial charge in [0.25, 0.3) is 0 Å². The van der Waals surface area contributed by atoms with Crippen molar-refractivity contribution in [3.05, 3.63) is 130 Å². The first-order valence-electron chi connectivity index (χ1n) is 37.7. The quantitative estimate of drug-likeness (QED) is 0.0641. The average molecular weight is 1250 g/mol. The van der Waals surface area contributed by atoms with Crippen LogP contribution < -0.4 is 5.32 Å². The molecule has 10 heteroatoms. The van der Waals surface area contributed by atoms with E-state index in [1.165, 1.54) is 29.4 Å². The van der Waals surface area contributed by atoms with Crippen LogP contribution in [0.2, 0.25) is 0 Å². The number of aliphatic hydroxyl groups is 5. The number of likely N-dealkylation sites (N-methyl/N-ethyl adjacent to an activating group) is 1. The number of esters is 1. The maximum Gasteiger partial charge on any atom is 0.331 e. The maximum absolute atomic E-state index is 16.7. The highest BCUT2D eigenvalue weighted by molar-refractivity contribution is 5.86. The first-order valence-corrected chi connectivity index (χ1v) is 37.7. The van der Waals surface area contributed by atoms with Crippen molar-refractivity contribution < 1.29 is 44.6 Å². The summed E-state index contributed by atoms with van der Waals surface area (Å²) in [6.45, 7) is -0.120. The number of hydrogen-bond acceptors (Lipinski definition) is 10. The molecule has 490 valence electrons. The first kappa shape index (κ1) is 58.7. The fourth-order valence-corrected chi connectivity index (χ4v) is 31.0. The van der Waals surface area contributed by atoms with Crippen LogP contribution >= 0.6 is 0 Å². The van der Waals surface area contributed by atoms with Gasteiger partial charge in [0.15, 0.2) is 0 Å². The Balaban J connectivity index is 0.830. The molecule has 3 aromatic rings. The van der Waals surface area contributed by atoms with Gasteiger partial charge in [0.2, 0.25) is 0 Å². The predicted octanol–water partition coefficient (Wildman–Crippen LogP) is 12.0. The van der Waals surface area contributed by atoms with Gasteiger partial charge in [-0.05, 0) is 271 Å². The Morgan fingerprint density at radius 1 is 0.742 bits per heavy atom. The van der Waals surface area contributed by atoms with Gasteiger partial charge in [-0.15, -0.1) is 0 Å². The van der Waals surface area contributed by atoms with E-state index in [1.807, 2.05) is 19.2 Å². The number of aldehydes is 1. The number of carbonyl (C=O) groups excluding carboxylic acids is 2. The molecule has 13 fully saturated rings. The van der Waals surface area contributed by atoms with Crippen LogP contribution in [0.1, 0.15) is 193 Å². The molecule has 3 aromatic carbocycles. The fraction of sp³-hybridized carbons (Fsp3) is 0.687. The lowest BCUT2D eigenvalue weighted by molar-refractivity contribution is -0.447. The number of carbonyl (C=O) groups is 2. The molecule has 10 nitrogen and oxygen atoms in total. The number of allylic oxidation sites excluding steroid dienone is 2. The number of ether oxygens (including phenoxy) is 2. The molecule has 18 bridgehead atoms. The highest BCUT2D eigenvalue weighted by Crippen LogP contribution is 2.90. The number of aliphatic hydroxyl groups excluding tert-OH is 2. The normalized spacial score (nSPS) is 52.2. The minimum atomic E-state index is -2.25. The topological polar surface area (TPSA) is 166 Å². The second-order valence-corrected chi connectivity index (χ2v) is 35.8. The molecule has 0 radical (unpaired) electrons. The van der Waals surface area contributed by atoms with E-state index in [9.17, 15) is 9.90 Å². The Hall–Kier alpha value is -4.44. The number of rotatable bonds is 4. The maximum atomic E-state index is 16.7. The molecule has 15 aliphatic carbocycles. The molecule has 0 aromatic heterocycles. The van der Waals surface area contributed by atoms with Crippen LogP contribution in [-0.2, 0) is 44.9 Å². The predicted molar refractivity (Wildman–Crippen MR) is 351 cm³/mol. The van der Waals surface area contributed by atoms with Crippen LogP contribution in [0.15, 0.2) is 96.6 Å². The lowest BCUT2D eigenvalue weighted by Gasteiger charge is -2.83. The minimum absolute atomic E-state index is 0.0777. The second kappa shape index (κ2) is 19.7. The van der Waals surface area contributed by atoms with Gasteiger partial charge in [-0.2, -0.15) is 0 Å². The second-order valence-electron chi connectivity index (χ2n) is 35.8. The van der Waals surface area contributed by atoms with E-state index < -0.39 is 73.5 Å². The molecule has 93 heavy (non-hydrogen) atoms. The zero-order valence-electron chi connectivity index (χ0n) is 54.8. The van der Waals surface area contributed by atoms with Crippen molar-refractivity contribution in [1.82, 2.24) is 5.32 Å². The molecule has 27 atom stereocenters. The van der Waals surface area contributed by atoms with Crippen molar-refractivity contribution >= 4 is 12.3 Å². The molecule has 22 rings (SSSR count). The fourth-order valence-electron chi connectivity index (χ4n) is 31.0. The van der Waals surface area contributed by atoms with Crippen molar-refractivity contribution in [2.45, 2.75) is 233 Å². The molecule has 6 spiro atoms. The Labute approximate surface area is 550 Å². The summed E-state index contributed by atoms with van der Waals surface area (Å²) in [7, 11) is 1.98. The Morgan fingerprint density at radius 3 is 2.41 bits per heavy atom. The standard InChI is InChI=1S/C83H99NO9/c1-84-67-39-60-52(14-8-16-56(60)44-85)20-26-74(24-5-6-25-74)45-77-29-23-68-78(47-86)46-80-65-37-58-35-53(51-12-3-2-4-13-51)21-27-75(58,80)28-22-64(65)79-31-30-76(73(80)93-79)42-55-15-9-17-59(54-19-18-49(34-54)32-48-10-7-11-50(33-48)41-79)61(55)38-66(83(76,78)91)72(88)82(68,90)81(77,89)43-57-36-62(67)71-63(70(57)77)40-69(87)92-71/h2-4,7-16,33,40,47,49,53-55,57-59,61-62,64-68,70-73,84-85,88-91H,5-6,17-19,21-25,27-32,34-39,41-46H2,1H3/t49-,53+,54+,55-,57+,58-,59-,61+,62-,64+,65-,66+,67+,68-,70-,71-,72-,73-,75-,76-,77+,78+,79-,80-,81-,82-,83+/m1/s1. The highest BCUT2D eigenvalue weighted by Gasteiger charge is 2.94. The van der Waals surface area contributed by atoms with Crippen molar-refractivity contribution in [3.63, 3.8) is 0 Å². The summed E-state index contributed by atoms with van der Waals surface area (Å²) in [5, 5.41) is 77.8.